The molecule has 0 N–H and O–H groups in total. The first-order chi connectivity index (χ1) is 9.74. The van der Waals surface area contributed by atoms with Crippen LogP contribution in [-0.2, 0) is 0 Å². The van der Waals surface area contributed by atoms with Crippen molar-refractivity contribution in [2.75, 3.05) is 20.8 Å². The lowest BCUT2D eigenvalue weighted by Gasteiger charge is -2.34. The zero-order chi connectivity index (χ0) is 14.1. The molecule has 1 unspecified atom stereocenters. The van der Waals surface area contributed by atoms with E-state index in [-0.39, 0.29) is 5.50 Å². The topological polar surface area (TPSA) is 34.1 Å². The fraction of sp³-hybridized carbons (Fsp3) is 0.533. The first-order valence-corrected chi connectivity index (χ1v) is 7.42. The minimum atomic E-state index is -0.171. The lowest BCUT2D eigenvalue weighted by atomic mass is 10.1. The third-order valence-corrected chi connectivity index (χ3v) is 4.41. The Morgan fingerprint density at radius 2 is 1.90 bits per heavy atom. The second-order valence-corrected chi connectivity index (χ2v) is 5.55. The Hall–Kier alpha value is -1.42. The van der Waals surface area contributed by atoms with Crippen LogP contribution in [0, 0.1) is 0 Å². The van der Waals surface area contributed by atoms with Crippen molar-refractivity contribution in [3.63, 3.8) is 0 Å². The minimum Gasteiger partial charge on any atom is -0.493 e. The zero-order valence-electron chi connectivity index (χ0n) is 11.9. The Labute approximate surface area is 124 Å². The van der Waals surface area contributed by atoms with Crippen LogP contribution >= 0.6 is 11.6 Å². The molecule has 1 atom stereocenters. The molecule has 5 heteroatoms. The van der Waals surface area contributed by atoms with Crippen LogP contribution in [0.3, 0.4) is 0 Å². The van der Waals surface area contributed by atoms with Crippen LogP contribution < -0.4 is 9.47 Å². The van der Waals surface area contributed by atoms with Gasteiger partial charge in [0.25, 0.3) is 0 Å². The smallest absolute Gasteiger partial charge is 0.162 e. The number of alkyl halides is 1. The fourth-order valence-electron chi connectivity index (χ4n) is 2.86. The van der Waals surface area contributed by atoms with E-state index >= 15 is 0 Å². The van der Waals surface area contributed by atoms with Gasteiger partial charge < -0.3 is 14.4 Å². The summed E-state index contributed by atoms with van der Waals surface area (Å²) in [6.07, 6.45) is 4.59. The third-order valence-electron chi connectivity index (χ3n) is 3.94. The van der Waals surface area contributed by atoms with Crippen molar-refractivity contribution in [1.82, 2.24) is 4.90 Å². The number of benzene rings is 1. The molecule has 3 rings (SSSR count). The first-order valence-electron chi connectivity index (χ1n) is 6.99. The molecular formula is C15H19ClN2O2. The molecule has 0 aromatic heterocycles. The number of halogens is 1. The molecule has 0 amide bonds. The maximum Gasteiger partial charge on any atom is 0.162 e. The largest absolute Gasteiger partial charge is 0.493 e. The summed E-state index contributed by atoms with van der Waals surface area (Å²) >= 11 is 6.67. The van der Waals surface area contributed by atoms with Gasteiger partial charge in [0.2, 0.25) is 0 Å². The van der Waals surface area contributed by atoms with Crippen LogP contribution in [0.2, 0.25) is 0 Å². The summed E-state index contributed by atoms with van der Waals surface area (Å²) in [6, 6.07) is 3.86. The van der Waals surface area contributed by atoms with E-state index in [1.165, 1.54) is 19.3 Å². The Kier molecular flexibility index (Phi) is 3.74. The van der Waals surface area contributed by atoms with Crippen molar-refractivity contribution in [3.05, 3.63) is 17.7 Å². The van der Waals surface area contributed by atoms with Gasteiger partial charge in [-0.15, -0.1) is 0 Å². The highest BCUT2D eigenvalue weighted by Gasteiger charge is 2.30. The molecular weight excluding hydrogens is 276 g/mol. The summed E-state index contributed by atoms with van der Waals surface area (Å²) in [7, 11) is 3.27. The lowest BCUT2D eigenvalue weighted by molar-refractivity contribution is 0.350. The number of amidine groups is 1. The van der Waals surface area contributed by atoms with Gasteiger partial charge in [0, 0.05) is 24.6 Å². The Balaban J connectivity index is 2.08. The molecule has 0 aliphatic carbocycles. The van der Waals surface area contributed by atoms with E-state index in [0.717, 1.165) is 30.1 Å². The molecule has 20 heavy (non-hydrogen) atoms. The van der Waals surface area contributed by atoms with Crippen LogP contribution in [0.4, 0.5) is 5.69 Å². The molecule has 0 spiro atoms. The van der Waals surface area contributed by atoms with Gasteiger partial charge in [-0.2, -0.15) is 0 Å². The van der Waals surface area contributed by atoms with Gasteiger partial charge in [-0.25, -0.2) is 4.99 Å². The van der Waals surface area contributed by atoms with E-state index in [2.05, 4.69) is 4.90 Å². The maximum atomic E-state index is 6.67. The SMILES string of the molecule is COc1cc2c(cc1OC)C(Cl)N1CCCCCC1=N2. The number of aliphatic imine (C=N–C) groups is 1. The monoisotopic (exact) mass is 294 g/mol. The van der Waals surface area contributed by atoms with Crippen LogP contribution in [0.1, 0.15) is 36.7 Å². The molecule has 1 aromatic carbocycles. The van der Waals surface area contributed by atoms with E-state index in [9.17, 15) is 0 Å². The van der Waals surface area contributed by atoms with Crippen molar-refractivity contribution in [2.45, 2.75) is 31.2 Å². The summed E-state index contributed by atoms with van der Waals surface area (Å²) in [6.45, 7) is 0.973. The predicted octanol–water partition coefficient (Wildman–Crippen LogP) is 3.86. The molecule has 2 heterocycles. The second-order valence-electron chi connectivity index (χ2n) is 5.13. The summed E-state index contributed by atoms with van der Waals surface area (Å²) < 4.78 is 10.7. The highest BCUT2D eigenvalue weighted by Crippen LogP contribution is 2.44. The summed E-state index contributed by atoms with van der Waals surface area (Å²) in [5.74, 6) is 2.49. The standard InChI is InChI=1S/C15H19ClN2O2/c1-19-12-8-10-11(9-13(12)20-2)17-14-6-4-3-5-7-18(14)15(10)16/h8-9,15H,3-7H2,1-2H3. The molecule has 0 bridgehead atoms. The second kappa shape index (κ2) is 5.52. The van der Waals surface area contributed by atoms with Crippen molar-refractivity contribution in [3.8, 4) is 11.5 Å². The molecule has 108 valence electrons. The van der Waals surface area contributed by atoms with E-state index in [4.69, 9.17) is 26.1 Å². The van der Waals surface area contributed by atoms with Gasteiger partial charge >= 0.3 is 0 Å². The highest BCUT2D eigenvalue weighted by atomic mass is 35.5. The molecule has 2 aliphatic rings. The van der Waals surface area contributed by atoms with Gasteiger partial charge in [0.05, 0.1) is 19.9 Å². The van der Waals surface area contributed by atoms with Crippen LogP contribution in [-0.4, -0.2) is 31.5 Å². The number of fused-ring (bicyclic) bond motifs is 2. The first kappa shape index (κ1) is 13.6. The van der Waals surface area contributed by atoms with Crippen LogP contribution in [0.25, 0.3) is 0 Å². The predicted molar refractivity (Wildman–Crippen MR) is 80.4 cm³/mol. The van der Waals surface area contributed by atoms with Gasteiger partial charge in [-0.1, -0.05) is 18.0 Å². The summed E-state index contributed by atoms with van der Waals surface area (Å²) in [4.78, 5) is 7.00. The number of ether oxygens (including phenoxy) is 2. The Bertz CT molecular complexity index is 545. The molecule has 2 aliphatic heterocycles. The average molecular weight is 295 g/mol. The van der Waals surface area contributed by atoms with E-state index in [1.807, 2.05) is 12.1 Å². The average Bonchev–Trinajstić information content (AvgIpc) is 2.71. The fourth-order valence-corrected chi connectivity index (χ4v) is 3.24. The number of hydrogen-bond acceptors (Lipinski definition) is 4. The number of rotatable bonds is 2. The number of hydrogen-bond donors (Lipinski definition) is 0. The Morgan fingerprint density at radius 1 is 1.15 bits per heavy atom. The van der Waals surface area contributed by atoms with E-state index in [0.29, 0.717) is 11.5 Å². The van der Waals surface area contributed by atoms with Gasteiger partial charge in [-0.05, 0) is 18.9 Å². The Morgan fingerprint density at radius 3 is 2.65 bits per heavy atom. The minimum absolute atomic E-state index is 0.171. The summed E-state index contributed by atoms with van der Waals surface area (Å²) in [5.41, 5.74) is 1.72. The van der Waals surface area contributed by atoms with E-state index < -0.39 is 0 Å². The normalized spacial score (nSPS) is 21.4. The maximum absolute atomic E-state index is 6.67. The molecule has 1 aromatic rings. The van der Waals surface area contributed by atoms with Crippen molar-refractivity contribution in [2.24, 2.45) is 4.99 Å². The van der Waals surface area contributed by atoms with Gasteiger partial charge in [0.15, 0.2) is 11.5 Å². The van der Waals surface area contributed by atoms with Gasteiger partial charge in [-0.3, -0.25) is 0 Å². The quantitative estimate of drug-likeness (QED) is 0.613. The molecule has 4 nitrogen and oxygen atoms in total. The van der Waals surface area contributed by atoms with Crippen LogP contribution in [0.5, 0.6) is 11.5 Å². The van der Waals surface area contributed by atoms with Crippen molar-refractivity contribution >= 4 is 23.1 Å². The van der Waals surface area contributed by atoms with Crippen molar-refractivity contribution in [1.29, 1.82) is 0 Å². The van der Waals surface area contributed by atoms with Crippen LogP contribution in [0.15, 0.2) is 17.1 Å². The van der Waals surface area contributed by atoms with Crippen molar-refractivity contribution < 1.29 is 9.47 Å². The summed E-state index contributed by atoms with van der Waals surface area (Å²) in [5, 5.41) is 0. The lowest BCUT2D eigenvalue weighted by Crippen LogP contribution is -2.34. The zero-order valence-corrected chi connectivity index (χ0v) is 12.6. The highest BCUT2D eigenvalue weighted by molar-refractivity contribution is 6.22. The van der Waals surface area contributed by atoms with E-state index in [1.54, 1.807) is 14.2 Å². The molecule has 0 saturated carbocycles. The number of nitrogens with zero attached hydrogens (tertiary/aromatic N) is 2. The molecule has 0 radical (unpaired) electrons. The molecule has 1 fully saturated rings. The number of methoxy groups -OCH3 is 2. The third kappa shape index (κ3) is 2.22. The van der Waals surface area contributed by atoms with Gasteiger partial charge in [0.1, 0.15) is 11.3 Å². The molecule has 1 saturated heterocycles.